The number of H-pyrrole nitrogens is 1. The Bertz CT molecular complexity index is 650. The minimum absolute atomic E-state index is 0.170. The number of sulfonamides is 1. The van der Waals surface area contributed by atoms with E-state index in [1.165, 1.54) is 0 Å². The normalized spacial score (nSPS) is 19.6. The lowest BCUT2D eigenvalue weighted by Gasteiger charge is -2.21. The number of carboxylic acids is 1. The first-order valence-corrected chi connectivity index (χ1v) is 7.92. The van der Waals surface area contributed by atoms with Crippen LogP contribution in [-0.2, 0) is 19.6 Å². The van der Waals surface area contributed by atoms with E-state index < -0.39 is 28.0 Å². The summed E-state index contributed by atoms with van der Waals surface area (Å²) in [5, 5.41) is 8.83. The molecule has 1 aromatic heterocycles. The molecule has 0 bridgehead atoms. The van der Waals surface area contributed by atoms with Gasteiger partial charge in [-0.1, -0.05) is 0 Å². The Kier molecular flexibility index (Phi) is 4.33. The molecule has 0 amide bonds. The summed E-state index contributed by atoms with van der Waals surface area (Å²) in [6, 6.07) is 0.191. The molecule has 1 unspecified atom stereocenters. The number of ether oxygens (including phenoxy) is 1. The summed E-state index contributed by atoms with van der Waals surface area (Å²) in [5.74, 6) is -1.83. The van der Waals surface area contributed by atoms with Gasteiger partial charge in [0, 0.05) is 12.7 Å². The molecule has 1 aromatic rings. The van der Waals surface area contributed by atoms with E-state index in [0.29, 0.717) is 12.8 Å². The summed E-state index contributed by atoms with van der Waals surface area (Å²) >= 11 is 0. The number of aromatic carboxylic acids is 1. The molecule has 1 saturated heterocycles. The lowest BCUT2D eigenvalue weighted by atomic mass is 10.2. The van der Waals surface area contributed by atoms with E-state index in [-0.39, 0.29) is 23.7 Å². The van der Waals surface area contributed by atoms with Crippen molar-refractivity contribution in [2.45, 2.75) is 30.7 Å². The molecule has 8 nitrogen and oxygen atoms in total. The second-order valence-electron chi connectivity index (χ2n) is 4.58. The standard InChI is InChI=1S/C12H16N2O6S/c1-2-20-12(17)10-4-3-5-14(10)21(18,19)8-6-9(11(15)16)13-7-8/h6-7,10,13H,2-5H2,1H3,(H,15,16). The van der Waals surface area contributed by atoms with Crippen LogP contribution >= 0.6 is 0 Å². The number of hydrogen-bond donors (Lipinski definition) is 2. The van der Waals surface area contributed by atoms with Gasteiger partial charge in [-0.15, -0.1) is 0 Å². The number of carbonyl (C=O) groups excluding carboxylic acids is 1. The first-order chi connectivity index (χ1) is 9.87. The van der Waals surface area contributed by atoms with Crippen molar-refractivity contribution in [2.75, 3.05) is 13.2 Å². The first-order valence-electron chi connectivity index (χ1n) is 6.48. The van der Waals surface area contributed by atoms with Crippen LogP contribution < -0.4 is 0 Å². The van der Waals surface area contributed by atoms with E-state index in [4.69, 9.17) is 9.84 Å². The van der Waals surface area contributed by atoms with Crippen molar-refractivity contribution in [3.8, 4) is 0 Å². The van der Waals surface area contributed by atoms with Crippen LogP contribution in [0.25, 0.3) is 0 Å². The molecule has 0 aliphatic carbocycles. The molecule has 0 spiro atoms. The highest BCUT2D eigenvalue weighted by molar-refractivity contribution is 7.89. The Balaban J connectivity index is 2.29. The highest BCUT2D eigenvalue weighted by Crippen LogP contribution is 2.27. The first kappa shape index (κ1) is 15.5. The lowest BCUT2D eigenvalue weighted by molar-refractivity contribution is -0.146. The van der Waals surface area contributed by atoms with Gasteiger partial charge in [-0.05, 0) is 25.8 Å². The Morgan fingerprint density at radius 1 is 1.52 bits per heavy atom. The van der Waals surface area contributed by atoms with Gasteiger partial charge in [-0.25, -0.2) is 13.2 Å². The van der Waals surface area contributed by atoms with Crippen molar-refractivity contribution in [3.05, 3.63) is 18.0 Å². The van der Waals surface area contributed by atoms with Crippen LogP contribution in [0, 0.1) is 0 Å². The van der Waals surface area contributed by atoms with Crippen LogP contribution in [0.1, 0.15) is 30.3 Å². The average molecular weight is 316 g/mol. The van der Waals surface area contributed by atoms with E-state index >= 15 is 0 Å². The average Bonchev–Trinajstić information content (AvgIpc) is 3.09. The molecular weight excluding hydrogens is 300 g/mol. The summed E-state index contributed by atoms with van der Waals surface area (Å²) < 4.78 is 30.9. The SMILES string of the molecule is CCOC(=O)C1CCCN1S(=O)(=O)c1c[nH]c(C(=O)O)c1. The van der Waals surface area contributed by atoms with Crippen LogP contribution in [0.5, 0.6) is 0 Å². The molecule has 116 valence electrons. The quantitative estimate of drug-likeness (QED) is 0.761. The van der Waals surface area contributed by atoms with E-state index in [1.807, 2.05) is 0 Å². The summed E-state index contributed by atoms with van der Waals surface area (Å²) in [6.45, 7) is 2.03. The molecule has 0 aromatic carbocycles. The number of aromatic amines is 1. The zero-order valence-electron chi connectivity index (χ0n) is 11.4. The van der Waals surface area contributed by atoms with Crippen LogP contribution in [0.15, 0.2) is 17.2 Å². The summed E-state index contributed by atoms with van der Waals surface area (Å²) in [4.78, 5) is 24.8. The molecule has 2 heterocycles. The predicted octanol–water partition coefficient (Wildman–Crippen LogP) is 0.429. The van der Waals surface area contributed by atoms with Gasteiger partial charge in [0.2, 0.25) is 10.0 Å². The third-order valence-electron chi connectivity index (χ3n) is 3.26. The number of aromatic nitrogens is 1. The fourth-order valence-corrected chi connectivity index (χ4v) is 3.93. The molecule has 1 atom stereocenters. The molecule has 0 radical (unpaired) electrons. The number of hydrogen-bond acceptors (Lipinski definition) is 5. The van der Waals surface area contributed by atoms with Gasteiger partial charge in [0.15, 0.2) is 0 Å². The maximum Gasteiger partial charge on any atom is 0.352 e. The maximum absolute atomic E-state index is 12.5. The minimum atomic E-state index is -3.93. The highest BCUT2D eigenvalue weighted by Gasteiger charge is 2.40. The third kappa shape index (κ3) is 2.93. The predicted molar refractivity (Wildman–Crippen MR) is 71.3 cm³/mol. The third-order valence-corrected chi connectivity index (χ3v) is 5.14. The second-order valence-corrected chi connectivity index (χ2v) is 6.47. The van der Waals surface area contributed by atoms with Crippen LogP contribution in [0.3, 0.4) is 0 Å². The van der Waals surface area contributed by atoms with Gasteiger partial charge in [-0.2, -0.15) is 4.31 Å². The molecule has 9 heteroatoms. The van der Waals surface area contributed by atoms with Crippen LogP contribution in [0.2, 0.25) is 0 Å². The van der Waals surface area contributed by atoms with Crippen LogP contribution in [0.4, 0.5) is 0 Å². The van der Waals surface area contributed by atoms with E-state index in [9.17, 15) is 18.0 Å². The molecule has 1 fully saturated rings. The molecule has 1 aliphatic heterocycles. The number of nitrogens with one attached hydrogen (secondary N) is 1. The van der Waals surface area contributed by atoms with Crippen molar-refractivity contribution in [1.29, 1.82) is 0 Å². The number of nitrogens with zero attached hydrogens (tertiary/aromatic N) is 1. The smallest absolute Gasteiger partial charge is 0.352 e. The largest absolute Gasteiger partial charge is 0.477 e. The Labute approximate surface area is 121 Å². The summed E-state index contributed by atoms with van der Waals surface area (Å²) in [7, 11) is -3.93. The number of esters is 1. The summed E-state index contributed by atoms with van der Waals surface area (Å²) in [5.41, 5.74) is -0.222. The van der Waals surface area contributed by atoms with Gasteiger partial charge in [-0.3, -0.25) is 4.79 Å². The molecular formula is C12H16N2O6S. The molecule has 2 N–H and O–H groups in total. The van der Waals surface area contributed by atoms with Gasteiger partial charge in [0.1, 0.15) is 16.6 Å². The Morgan fingerprint density at radius 2 is 2.24 bits per heavy atom. The zero-order valence-corrected chi connectivity index (χ0v) is 12.2. The van der Waals surface area contributed by atoms with E-state index in [1.54, 1.807) is 6.92 Å². The van der Waals surface area contributed by atoms with Crippen molar-refractivity contribution >= 4 is 22.0 Å². The molecule has 21 heavy (non-hydrogen) atoms. The Morgan fingerprint density at radius 3 is 2.81 bits per heavy atom. The van der Waals surface area contributed by atoms with E-state index in [2.05, 4.69) is 4.98 Å². The van der Waals surface area contributed by atoms with Crippen molar-refractivity contribution in [1.82, 2.24) is 9.29 Å². The fourth-order valence-electron chi connectivity index (χ4n) is 2.28. The monoisotopic (exact) mass is 316 g/mol. The van der Waals surface area contributed by atoms with Crippen molar-refractivity contribution in [2.24, 2.45) is 0 Å². The number of carbonyl (C=O) groups is 2. The zero-order chi connectivity index (χ0) is 15.6. The fraction of sp³-hybridized carbons (Fsp3) is 0.500. The molecule has 2 rings (SSSR count). The maximum atomic E-state index is 12.5. The lowest BCUT2D eigenvalue weighted by Crippen LogP contribution is -2.41. The summed E-state index contributed by atoms with van der Waals surface area (Å²) in [6.07, 6.45) is 2.06. The highest BCUT2D eigenvalue weighted by atomic mass is 32.2. The Hall–Kier alpha value is -1.87. The van der Waals surface area contributed by atoms with Gasteiger partial charge < -0.3 is 14.8 Å². The van der Waals surface area contributed by atoms with Crippen molar-refractivity contribution in [3.63, 3.8) is 0 Å². The van der Waals surface area contributed by atoms with Gasteiger partial charge >= 0.3 is 11.9 Å². The van der Waals surface area contributed by atoms with Crippen molar-refractivity contribution < 1.29 is 27.9 Å². The number of carboxylic acid groups (broad SMARTS) is 1. The molecule has 1 aliphatic rings. The number of rotatable bonds is 5. The van der Waals surface area contributed by atoms with E-state index in [0.717, 1.165) is 16.6 Å². The van der Waals surface area contributed by atoms with Gasteiger partial charge in [0.05, 0.1) is 6.61 Å². The van der Waals surface area contributed by atoms with Gasteiger partial charge in [0.25, 0.3) is 0 Å². The molecule has 0 saturated carbocycles. The minimum Gasteiger partial charge on any atom is -0.477 e. The van der Waals surface area contributed by atoms with Crippen LogP contribution in [-0.4, -0.2) is 53.9 Å². The second kappa shape index (κ2) is 5.86. The topological polar surface area (TPSA) is 117 Å².